The number of nitrogens with zero attached hydrogens (tertiary/aromatic N) is 1. The number of fused-ring (bicyclic) bond motifs is 1. The Morgan fingerprint density at radius 1 is 1.07 bits per heavy atom. The van der Waals surface area contributed by atoms with Crippen LogP contribution in [0.3, 0.4) is 0 Å². The molecule has 0 aliphatic rings. The minimum absolute atomic E-state index is 0.346. The largest absolute Gasteiger partial charge is 0.452 e. The van der Waals surface area contributed by atoms with Crippen molar-refractivity contribution in [2.45, 2.75) is 27.2 Å². The van der Waals surface area contributed by atoms with Gasteiger partial charge in [0.15, 0.2) is 6.61 Å². The highest BCUT2D eigenvalue weighted by atomic mass is 16.5. The third-order valence-electron chi connectivity index (χ3n) is 4.49. The lowest BCUT2D eigenvalue weighted by Crippen LogP contribution is -2.22. The van der Waals surface area contributed by atoms with Gasteiger partial charge in [-0.1, -0.05) is 37.3 Å². The number of nitrogens with one attached hydrogen (secondary N) is 1. The Bertz CT molecular complexity index is 1010. The fraction of sp³-hybridized carbons (Fsp3) is 0.227. The molecule has 3 rings (SSSR count). The fourth-order valence-electron chi connectivity index (χ4n) is 3.10. The number of rotatable bonds is 5. The predicted octanol–water partition coefficient (Wildman–Crippen LogP) is 4.21. The summed E-state index contributed by atoms with van der Waals surface area (Å²) >= 11 is 0. The van der Waals surface area contributed by atoms with Crippen molar-refractivity contribution in [3.05, 3.63) is 70.9 Å². The van der Waals surface area contributed by atoms with Gasteiger partial charge in [0.05, 0.1) is 16.8 Å². The SMILES string of the molecule is CCc1cccc(NC(=O)COC(=O)c2c(C)nc3ccccc3c2C)c1. The molecular weight excluding hydrogens is 340 g/mol. The van der Waals surface area contributed by atoms with Crippen molar-refractivity contribution in [2.75, 3.05) is 11.9 Å². The third kappa shape index (κ3) is 4.14. The molecule has 0 aliphatic heterocycles. The molecular formula is C22H22N2O3. The Kier molecular flexibility index (Phi) is 5.50. The van der Waals surface area contributed by atoms with E-state index < -0.39 is 5.97 Å². The number of anilines is 1. The maximum absolute atomic E-state index is 12.5. The highest BCUT2D eigenvalue weighted by molar-refractivity contribution is 6.00. The Morgan fingerprint density at radius 2 is 1.85 bits per heavy atom. The number of benzene rings is 2. The number of aryl methyl sites for hydroxylation is 3. The Hall–Kier alpha value is -3.21. The molecule has 0 aliphatic carbocycles. The molecule has 2 aromatic carbocycles. The van der Waals surface area contributed by atoms with Gasteiger partial charge in [0.1, 0.15) is 0 Å². The van der Waals surface area contributed by atoms with Crippen LogP contribution in [0.4, 0.5) is 5.69 Å². The molecule has 1 heterocycles. The summed E-state index contributed by atoms with van der Waals surface area (Å²) in [4.78, 5) is 29.1. The molecule has 0 fully saturated rings. The number of carbonyl (C=O) groups excluding carboxylic acids is 2. The van der Waals surface area contributed by atoms with Gasteiger partial charge >= 0.3 is 5.97 Å². The van der Waals surface area contributed by atoms with Crippen LogP contribution in [0.15, 0.2) is 48.5 Å². The van der Waals surface area contributed by atoms with Gasteiger partial charge in [-0.15, -0.1) is 0 Å². The van der Waals surface area contributed by atoms with Gasteiger partial charge < -0.3 is 10.1 Å². The Balaban J connectivity index is 1.70. The monoisotopic (exact) mass is 362 g/mol. The van der Waals surface area contributed by atoms with Crippen LogP contribution in [-0.2, 0) is 16.0 Å². The summed E-state index contributed by atoms with van der Waals surface area (Å²) in [6.07, 6.45) is 0.881. The zero-order valence-corrected chi connectivity index (χ0v) is 15.7. The number of aromatic nitrogens is 1. The quantitative estimate of drug-likeness (QED) is 0.691. The smallest absolute Gasteiger partial charge is 0.340 e. The first-order chi connectivity index (χ1) is 13.0. The van der Waals surface area contributed by atoms with E-state index in [2.05, 4.69) is 10.3 Å². The van der Waals surface area contributed by atoms with Crippen molar-refractivity contribution in [1.29, 1.82) is 0 Å². The van der Waals surface area contributed by atoms with Gasteiger partial charge in [-0.25, -0.2) is 4.79 Å². The van der Waals surface area contributed by atoms with Crippen LogP contribution < -0.4 is 5.32 Å². The normalized spacial score (nSPS) is 10.6. The second kappa shape index (κ2) is 7.99. The average molecular weight is 362 g/mol. The lowest BCUT2D eigenvalue weighted by atomic mass is 10.0. The molecule has 0 radical (unpaired) electrons. The first kappa shape index (κ1) is 18.6. The van der Waals surface area contributed by atoms with E-state index in [1.165, 1.54) is 0 Å². The van der Waals surface area contributed by atoms with Crippen molar-refractivity contribution in [2.24, 2.45) is 0 Å². The van der Waals surface area contributed by atoms with E-state index in [1.54, 1.807) is 13.0 Å². The summed E-state index contributed by atoms with van der Waals surface area (Å²) in [6.45, 7) is 5.34. The average Bonchev–Trinajstić information content (AvgIpc) is 2.66. The summed E-state index contributed by atoms with van der Waals surface area (Å²) in [5.41, 5.74) is 4.45. The number of hydrogen-bond acceptors (Lipinski definition) is 4. The lowest BCUT2D eigenvalue weighted by Gasteiger charge is -2.12. The molecule has 0 atom stereocenters. The number of esters is 1. The summed E-state index contributed by atoms with van der Waals surface area (Å²) in [5, 5.41) is 3.65. The second-order valence-electron chi connectivity index (χ2n) is 6.39. The van der Waals surface area contributed by atoms with Crippen molar-refractivity contribution in [1.82, 2.24) is 4.98 Å². The number of ether oxygens (including phenoxy) is 1. The molecule has 5 nitrogen and oxygen atoms in total. The van der Waals surface area contributed by atoms with Crippen molar-refractivity contribution < 1.29 is 14.3 Å². The minimum Gasteiger partial charge on any atom is -0.452 e. The summed E-state index contributed by atoms with van der Waals surface area (Å²) in [6, 6.07) is 15.2. The van der Waals surface area contributed by atoms with Gasteiger partial charge in [-0.2, -0.15) is 0 Å². The molecule has 0 spiro atoms. The van der Waals surface area contributed by atoms with Crippen LogP contribution in [0.25, 0.3) is 10.9 Å². The van der Waals surface area contributed by atoms with E-state index in [4.69, 9.17) is 4.74 Å². The van der Waals surface area contributed by atoms with Gasteiger partial charge in [0, 0.05) is 11.1 Å². The molecule has 1 amide bonds. The van der Waals surface area contributed by atoms with Gasteiger partial charge in [0.2, 0.25) is 0 Å². The highest BCUT2D eigenvalue weighted by Crippen LogP contribution is 2.23. The standard InChI is InChI=1S/C22H22N2O3/c1-4-16-8-7-9-17(12-16)24-20(25)13-27-22(26)21-14(2)18-10-5-6-11-19(18)23-15(21)3/h5-12H,4,13H2,1-3H3,(H,24,25). The van der Waals surface area contributed by atoms with Crippen LogP contribution in [0, 0.1) is 13.8 Å². The van der Waals surface area contributed by atoms with Crippen LogP contribution in [0.2, 0.25) is 0 Å². The van der Waals surface area contributed by atoms with E-state index in [0.29, 0.717) is 16.9 Å². The summed E-state index contributed by atoms with van der Waals surface area (Å²) in [5.74, 6) is -0.915. The lowest BCUT2D eigenvalue weighted by molar-refractivity contribution is -0.119. The molecule has 0 saturated heterocycles. The molecule has 0 bridgehead atoms. The number of carbonyl (C=O) groups is 2. The van der Waals surface area contributed by atoms with E-state index in [1.807, 2.05) is 56.3 Å². The molecule has 1 aromatic heterocycles. The van der Waals surface area contributed by atoms with Crippen LogP contribution in [0.5, 0.6) is 0 Å². The van der Waals surface area contributed by atoms with Gasteiger partial charge in [-0.05, 0) is 49.6 Å². The van der Waals surface area contributed by atoms with E-state index in [0.717, 1.165) is 28.5 Å². The number of pyridine rings is 1. The van der Waals surface area contributed by atoms with Crippen molar-refractivity contribution >= 4 is 28.5 Å². The summed E-state index contributed by atoms with van der Waals surface area (Å²) in [7, 11) is 0. The van der Waals surface area contributed by atoms with Crippen LogP contribution >= 0.6 is 0 Å². The maximum atomic E-state index is 12.5. The van der Waals surface area contributed by atoms with Crippen molar-refractivity contribution in [3.8, 4) is 0 Å². The van der Waals surface area contributed by atoms with E-state index in [-0.39, 0.29) is 12.5 Å². The molecule has 3 aromatic rings. The zero-order chi connectivity index (χ0) is 19.4. The summed E-state index contributed by atoms with van der Waals surface area (Å²) < 4.78 is 5.24. The van der Waals surface area contributed by atoms with Gasteiger partial charge in [0.25, 0.3) is 5.91 Å². The molecule has 27 heavy (non-hydrogen) atoms. The van der Waals surface area contributed by atoms with Crippen LogP contribution in [0.1, 0.15) is 34.1 Å². The fourth-order valence-corrected chi connectivity index (χ4v) is 3.10. The number of amides is 1. The van der Waals surface area contributed by atoms with Crippen molar-refractivity contribution in [3.63, 3.8) is 0 Å². The molecule has 0 unspecified atom stereocenters. The predicted molar refractivity (Wildman–Crippen MR) is 106 cm³/mol. The Morgan fingerprint density at radius 3 is 2.63 bits per heavy atom. The minimum atomic E-state index is -0.541. The molecule has 138 valence electrons. The molecule has 5 heteroatoms. The zero-order valence-electron chi connectivity index (χ0n) is 15.7. The Labute approximate surface area is 158 Å². The topological polar surface area (TPSA) is 68.3 Å². The highest BCUT2D eigenvalue weighted by Gasteiger charge is 2.18. The molecule has 1 N–H and O–H groups in total. The van der Waals surface area contributed by atoms with E-state index >= 15 is 0 Å². The van der Waals surface area contributed by atoms with Crippen LogP contribution in [-0.4, -0.2) is 23.5 Å². The molecule has 0 saturated carbocycles. The second-order valence-corrected chi connectivity index (χ2v) is 6.39. The van der Waals surface area contributed by atoms with E-state index in [9.17, 15) is 9.59 Å². The van der Waals surface area contributed by atoms with Gasteiger partial charge in [-0.3, -0.25) is 9.78 Å². The number of para-hydroxylation sites is 1. The first-order valence-corrected chi connectivity index (χ1v) is 8.91. The first-order valence-electron chi connectivity index (χ1n) is 8.91. The third-order valence-corrected chi connectivity index (χ3v) is 4.49. The maximum Gasteiger partial charge on any atom is 0.340 e. The number of hydrogen-bond donors (Lipinski definition) is 1.